The van der Waals surface area contributed by atoms with Crippen LogP contribution in [0.3, 0.4) is 0 Å². The Kier molecular flexibility index (Phi) is 2.82. The van der Waals surface area contributed by atoms with Crippen LogP contribution in [0.4, 0.5) is 4.39 Å². The molecule has 0 amide bonds. The number of nitrogens with zero attached hydrogens (tertiary/aromatic N) is 2. The molecular weight excluding hydrogens is 215 g/mol. The topological polar surface area (TPSA) is 68.4 Å². The number of ether oxygens (including phenoxy) is 1. The Labute approximate surface area is 90.5 Å². The van der Waals surface area contributed by atoms with Gasteiger partial charge in [0, 0.05) is 13.2 Å². The number of benzene rings is 1. The lowest BCUT2D eigenvalue weighted by Crippen LogP contribution is -1.89. The molecule has 2 rings (SSSR count). The van der Waals surface area contributed by atoms with Crippen molar-refractivity contribution in [1.82, 2.24) is 10.1 Å². The van der Waals surface area contributed by atoms with Gasteiger partial charge in [0.1, 0.15) is 18.2 Å². The van der Waals surface area contributed by atoms with Gasteiger partial charge >= 0.3 is 0 Å². The predicted octanol–water partition coefficient (Wildman–Crippen LogP) is 1.73. The number of rotatable bonds is 3. The van der Waals surface area contributed by atoms with E-state index >= 15 is 0 Å². The van der Waals surface area contributed by atoms with Gasteiger partial charge in [-0.05, 0) is 12.1 Å². The normalized spacial score (nSPS) is 10.6. The number of hydrogen-bond acceptors (Lipinski definition) is 5. The highest BCUT2D eigenvalue weighted by molar-refractivity contribution is 5.61. The van der Waals surface area contributed by atoms with E-state index in [4.69, 9.17) is 9.26 Å². The van der Waals surface area contributed by atoms with Gasteiger partial charge in [-0.25, -0.2) is 4.39 Å². The largest absolute Gasteiger partial charge is 0.507 e. The third-order valence-corrected chi connectivity index (χ3v) is 1.93. The summed E-state index contributed by atoms with van der Waals surface area (Å²) in [6.45, 7) is 0.214. The monoisotopic (exact) mass is 224 g/mol. The average Bonchev–Trinajstić information content (AvgIpc) is 2.67. The summed E-state index contributed by atoms with van der Waals surface area (Å²) in [5.74, 6) is -0.281. The highest BCUT2D eigenvalue weighted by Crippen LogP contribution is 2.28. The second-order valence-corrected chi connectivity index (χ2v) is 3.11. The van der Waals surface area contributed by atoms with Crippen molar-refractivity contribution in [2.45, 2.75) is 6.61 Å². The maximum absolute atomic E-state index is 12.7. The van der Waals surface area contributed by atoms with Crippen molar-refractivity contribution in [3.05, 3.63) is 29.8 Å². The molecule has 0 aliphatic heterocycles. The van der Waals surface area contributed by atoms with Crippen LogP contribution in [-0.4, -0.2) is 22.4 Å². The van der Waals surface area contributed by atoms with E-state index in [-0.39, 0.29) is 23.8 Å². The van der Waals surface area contributed by atoms with Gasteiger partial charge in [0.05, 0.1) is 5.56 Å². The van der Waals surface area contributed by atoms with E-state index in [1.807, 2.05) is 0 Å². The summed E-state index contributed by atoms with van der Waals surface area (Å²) < 4.78 is 22.5. The lowest BCUT2D eigenvalue weighted by Gasteiger charge is -1.98. The van der Waals surface area contributed by atoms with Crippen LogP contribution < -0.4 is 0 Å². The molecule has 0 saturated heterocycles. The fraction of sp³-hybridized carbons (Fsp3) is 0.200. The molecule has 0 fully saturated rings. The maximum atomic E-state index is 12.7. The van der Waals surface area contributed by atoms with Crippen LogP contribution in [0.25, 0.3) is 11.5 Å². The van der Waals surface area contributed by atoms with Crippen LogP contribution in [-0.2, 0) is 11.3 Å². The van der Waals surface area contributed by atoms with Crippen molar-refractivity contribution < 1.29 is 18.8 Å². The van der Waals surface area contributed by atoms with Gasteiger partial charge in [0.15, 0.2) is 5.82 Å². The molecule has 16 heavy (non-hydrogen) atoms. The van der Waals surface area contributed by atoms with E-state index in [1.54, 1.807) is 0 Å². The molecule has 0 unspecified atom stereocenters. The highest BCUT2D eigenvalue weighted by Gasteiger charge is 2.13. The van der Waals surface area contributed by atoms with Crippen molar-refractivity contribution in [2.75, 3.05) is 7.11 Å². The lowest BCUT2D eigenvalue weighted by molar-refractivity contribution is 0.174. The van der Waals surface area contributed by atoms with Gasteiger partial charge in [-0.1, -0.05) is 5.16 Å². The fourth-order valence-corrected chi connectivity index (χ4v) is 1.24. The minimum atomic E-state index is -0.530. The second-order valence-electron chi connectivity index (χ2n) is 3.11. The van der Waals surface area contributed by atoms with Gasteiger partial charge in [-0.15, -0.1) is 0 Å². The molecule has 0 radical (unpaired) electrons. The van der Waals surface area contributed by atoms with E-state index in [0.717, 1.165) is 6.07 Å². The van der Waals surface area contributed by atoms with Crippen LogP contribution >= 0.6 is 0 Å². The number of phenols is 1. The SMILES string of the molecule is COCc1noc(-c2ccc(F)cc2O)n1. The molecule has 0 aliphatic carbocycles. The summed E-state index contributed by atoms with van der Waals surface area (Å²) in [6.07, 6.45) is 0. The Morgan fingerprint density at radius 3 is 3.00 bits per heavy atom. The zero-order chi connectivity index (χ0) is 11.5. The smallest absolute Gasteiger partial charge is 0.261 e. The van der Waals surface area contributed by atoms with E-state index < -0.39 is 5.82 Å². The molecule has 1 aromatic carbocycles. The predicted molar refractivity (Wildman–Crippen MR) is 52.1 cm³/mol. The first-order chi connectivity index (χ1) is 7.70. The molecule has 0 atom stereocenters. The molecule has 0 spiro atoms. The molecule has 0 bridgehead atoms. The Hall–Kier alpha value is -1.95. The van der Waals surface area contributed by atoms with Crippen LogP contribution in [0.5, 0.6) is 5.75 Å². The number of aromatic hydroxyl groups is 1. The number of aromatic nitrogens is 2. The van der Waals surface area contributed by atoms with Gasteiger partial charge < -0.3 is 14.4 Å². The second kappa shape index (κ2) is 4.28. The minimum Gasteiger partial charge on any atom is -0.507 e. The third kappa shape index (κ3) is 2.01. The Morgan fingerprint density at radius 1 is 1.50 bits per heavy atom. The molecule has 1 aromatic heterocycles. The van der Waals surface area contributed by atoms with Crippen molar-refractivity contribution in [3.63, 3.8) is 0 Å². The lowest BCUT2D eigenvalue weighted by atomic mass is 10.2. The average molecular weight is 224 g/mol. The van der Waals surface area contributed by atoms with Crippen molar-refractivity contribution >= 4 is 0 Å². The molecular formula is C10H9FN2O3. The van der Waals surface area contributed by atoms with Crippen LogP contribution in [0, 0.1) is 5.82 Å². The van der Waals surface area contributed by atoms with Crippen molar-refractivity contribution in [3.8, 4) is 17.2 Å². The number of phenolic OH excluding ortho intramolecular Hbond substituents is 1. The van der Waals surface area contributed by atoms with Crippen molar-refractivity contribution in [2.24, 2.45) is 0 Å². The molecule has 1 N–H and O–H groups in total. The summed E-state index contributed by atoms with van der Waals surface area (Å²) in [5.41, 5.74) is 0.288. The number of halogens is 1. The van der Waals surface area contributed by atoms with Gasteiger partial charge in [0.25, 0.3) is 5.89 Å². The summed E-state index contributed by atoms with van der Waals surface area (Å²) >= 11 is 0. The summed E-state index contributed by atoms with van der Waals surface area (Å²) in [6, 6.07) is 3.56. The summed E-state index contributed by atoms with van der Waals surface area (Å²) in [4.78, 5) is 3.98. The van der Waals surface area contributed by atoms with Crippen LogP contribution in [0.15, 0.2) is 22.7 Å². The maximum Gasteiger partial charge on any atom is 0.261 e. The number of methoxy groups -OCH3 is 1. The van der Waals surface area contributed by atoms with E-state index in [2.05, 4.69) is 10.1 Å². The van der Waals surface area contributed by atoms with Gasteiger partial charge in [0.2, 0.25) is 0 Å². The Bertz CT molecular complexity index is 499. The Balaban J connectivity index is 2.35. The molecule has 0 saturated carbocycles. The first-order valence-corrected chi connectivity index (χ1v) is 4.51. The van der Waals surface area contributed by atoms with Crippen LogP contribution in [0.1, 0.15) is 5.82 Å². The van der Waals surface area contributed by atoms with Crippen molar-refractivity contribution in [1.29, 1.82) is 0 Å². The van der Waals surface area contributed by atoms with Crippen LogP contribution in [0.2, 0.25) is 0 Å². The molecule has 0 aliphatic rings. The van der Waals surface area contributed by atoms with E-state index in [9.17, 15) is 9.50 Å². The zero-order valence-corrected chi connectivity index (χ0v) is 8.48. The zero-order valence-electron chi connectivity index (χ0n) is 8.48. The molecule has 84 valence electrons. The third-order valence-electron chi connectivity index (χ3n) is 1.93. The first-order valence-electron chi connectivity index (χ1n) is 4.51. The first kappa shape index (κ1) is 10.6. The fourth-order valence-electron chi connectivity index (χ4n) is 1.24. The standard InChI is InChI=1S/C10H9FN2O3/c1-15-5-9-12-10(16-13-9)7-3-2-6(11)4-8(7)14/h2-4,14H,5H2,1H3. The summed E-state index contributed by atoms with van der Waals surface area (Å²) in [7, 11) is 1.51. The molecule has 5 nitrogen and oxygen atoms in total. The molecule has 1 heterocycles. The molecule has 6 heteroatoms. The Morgan fingerprint density at radius 2 is 2.31 bits per heavy atom. The van der Waals surface area contributed by atoms with E-state index in [1.165, 1.54) is 19.2 Å². The van der Waals surface area contributed by atoms with Gasteiger partial charge in [-0.3, -0.25) is 0 Å². The quantitative estimate of drug-likeness (QED) is 0.859. The molecule has 2 aromatic rings. The highest BCUT2D eigenvalue weighted by atomic mass is 19.1. The number of hydrogen-bond donors (Lipinski definition) is 1. The van der Waals surface area contributed by atoms with E-state index in [0.29, 0.717) is 5.82 Å². The summed E-state index contributed by atoms with van der Waals surface area (Å²) in [5, 5.41) is 13.1. The minimum absolute atomic E-state index is 0.129. The van der Waals surface area contributed by atoms with Gasteiger partial charge in [-0.2, -0.15) is 4.98 Å².